The largest absolute Gasteiger partial charge is 0.380 e. The Morgan fingerprint density at radius 1 is 1.49 bits per heavy atom. The lowest BCUT2D eigenvalue weighted by molar-refractivity contribution is -0.113. The topological polar surface area (TPSA) is 163 Å². The number of fused-ring (bicyclic) bond motifs is 1. The third kappa shape index (κ3) is 5.51. The fourth-order valence-electron chi connectivity index (χ4n) is 3.91. The molecule has 1 aliphatic rings. The van der Waals surface area contributed by atoms with Gasteiger partial charge in [-0.2, -0.15) is 5.10 Å². The Balaban J connectivity index is 2.29. The molecule has 1 atom stereocenters. The minimum absolute atomic E-state index is 0.0312. The summed E-state index contributed by atoms with van der Waals surface area (Å²) in [6.07, 6.45) is 5.11. The highest BCUT2D eigenvalue weighted by molar-refractivity contribution is 7.32. The van der Waals surface area contributed by atoms with Crippen molar-refractivity contribution < 1.29 is 27.7 Å². The molecule has 0 saturated heterocycles. The van der Waals surface area contributed by atoms with E-state index >= 15 is 0 Å². The van der Waals surface area contributed by atoms with E-state index in [0.29, 0.717) is 45.0 Å². The monoisotopic (exact) mass is 506 g/mol. The van der Waals surface area contributed by atoms with E-state index in [1.54, 1.807) is 18.1 Å². The number of hydrogen-bond acceptors (Lipinski definition) is 9. The summed E-state index contributed by atoms with van der Waals surface area (Å²) in [7, 11) is -1.38. The maximum absolute atomic E-state index is 14.9. The van der Waals surface area contributed by atoms with Gasteiger partial charge in [-0.3, -0.25) is 13.9 Å². The summed E-state index contributed by atoms with van der Waals surface area (Å²) in [5.74, 6) is -0.989. The van der Waals surface area contributed by atoms with Crippen LogP contribution >= 0.6 is 8.25 Å². The second-order valence-corrected chi connectivity index (χ2v) is 8.68. The first-order valence-electron chi connectivity index (χ1n) is 10.7. The molecule has 11 nitrogen and oxygen atoms in total. The molecule has 0 aliphatic carbocycles. The summed E-state index contributed by atoms with van der Waals surface area (Å²) in [6.45, 7) is 6.92. The maximum atomic E-state index is 14.9. The van der Waals surface area contributed by atoms with Crippen molar-refractivity contribution >= 4 is 31.1 Å². The van der Waals surface area contributed by atoms with Crippen molar-refractivity contribution in [1.82, 2.24) is 19.8 Å². The van der Waals surface area contributed by atoms with Gasteiger partial charge in [0.1, 0.15) is 12.6 Å². The zero-order valence-electron chi connectivity index (χ0n) is 19.7. The molecule has 2 aromatic rings. The first kappa shape index (κ1) is 26.3. The number of Topliss-reactive ketones (excluding diaryl/α,β-unsaturated/α-hetero) is 1. The number of nitrogens with zero attached hydrogens (tertiary/aromatic N) is 4. The van der Waals surface area contributed by atoms with Crippen LogP contribution in [0.3, 0.4) is 0 Å². The van der Waals surface area contributed by atoms with Crippen molar-refractivity contribution in [3.63, 3.8) is 0 Å². The van der Waals surface area contributed by atoms with Gasteiger partial charge in [0.05, 0.1) is 17.1 Å². The molecule has 0 radical (unpaired) electrons. The van der Waals surface area contributed by atoms with Crippen LogP contribution in [0.5, 0.6) is 0 Å². The number of carbonyl (C=O) groups excluding carboxylic acids is 1. The average Bonchev–Trinajstić information content (AvgIpc) is 3.42. The third-order valence-electron chi connectivity index (χ3n) is 5.58. The number of allylic oxidation sites excluding steroid dienone is 2. The number of anilines is 1. The fourth-order valence-corrected chi connectivity index (χ4v) is 4.15. The molecule has 0 fully saturated rings. The standard InChI is InChI=1S/C22H28FN6O5P/c1-5-14(7-24)17(13(3)30)6-16(12(2)23)20-19-21(34-27-22(19)25)18(10-28(20)4)15-8-26-29(9-15)11-33-35(31)32/h6,8-9,35H,2,5,7,10-11,24H2,1,3-4H3,(H2,25,27)(H,31,32)/b16-6+,17-14-. The van der Waals surface area contributed by atoms with Gasteiger partial charge in [0.15, 0.2) is 17.0 Å². The summed E-state index contributed by atoms with van der Waals surface area (Å²) in [5, 5.41) is 8.35. The molecule has 0 bridgehead atoms. The van der Waals surface area contributed by atoms with Crippen molar-refractivity contribution in [1.29, 1.82) is 0 Å². The van der Waals surface area contributed by atoms with E-state index < -0.39 is 14.1 Å². The molecular weight excluding hydrogens is 478 g/mol. The third-order valence-corrected chi connectivity index (χ3v) is 5.95. The molecule has 5 N–H and O–H groups in total. The molecule has 0 amide bonds. The summed E-state index contributed by atoms with van der Waals surface area (Å²) in [6, 6.07) is 0. The Labute approximate surface area is 201 Å². The van der Waals surface area contributed by atoms with Crippen LogP contribution in [0.15, 0.2) is 52.1 Å². The number of nitrogen functional groups attached to an aromatic ring is 1. The average molecular weight is 506 g/mol. The van der Waals surface area contributed by atoms with Crippen LogP contribution in [0, 0.1) is 0 Å². The lowest BCUT2D eigenvalue weighted by atomic mass is 9.95. The van der Waals surface area contributed by atoms with Crippen LogP contribution in [0.2, 0.25) is 0 Å². The number of carbonyl (C=O) groups is 1. The van der Waals surface area contributed by atoms with E-state index in [1.165, 1.54) is 23.9 Å². The smallest absolute Gasteiger partial charge is 0.318 e. The molecule has 0 spiro atoms. The molecule has 2 aromatic heterocycles. The molecule has 0 saturated carbocycles. The maximum Gasteiger partial charge on any atom is 0.318 e. The number of nitrogens with two attached hydrogens (primary N) is 2. The van der Waals surface area contributed by atoms with Gasteiger partial charge < -0.3 is 25.8 Å². The van der Waals surface area contributed by atoms with E-state index in [2.05, 4.69) is 16.8 Å². The zero-order chi connectivity index (χ0) is 25.9. The molecule has 3 heterocycles. The van der Waals surface area contributed by atoms with E-state index in [-0.39, 0.29) is 37.0 Å². The van der Waals surface area contributed by atoms with Crippen LogP contribution in [0.4, 0.5) is 10.2 Å². The van der Waals surface area contributed by atoms with Crippen LogP contribution in [0.25, 0.3) is 11.3 Å². The SMILES string of the molecule is C=C(F)/C(=C\C(C(C)=O)=C(/CC)CN)C1=c2c(N)noc2=C(c2cnn(CO[PH](=O)O)c2)CN1C. The lowest BCUT2D eigenvalue weighted by Crippen LogP contribution is -2.41. The van der Waals surface area contributed by atoms with Crippen molar-refractivity contribution in [2.24, 2.45) is 5.73 Å². The minimum atomic E-state index is -3.11. The predicted octanol–water partition coefficient (Wildman–Crippen LogP) is 0.726. The first-order chi connectivity index (χ1) is 16.6. The molecule has 1 aliphatic heterocycles. The fraction of sp³-hybridized carbons (Fsp3) is 0.318. The van der Waals surface area contributed by atoms with E-state index in [1.807, 2.05) is 6.92 Å². The quantitative estimate of drug-likeness (QED) is 0.238. The number of halogens is 1. The highest BCUT2D eigenvalue weighted by Crippen LogP contribution is 2.29. The first-order valence-corrected chi connectivity index (χ1v) is 11.9. The predicted molar refractivity (Wildman–Crippen MR) is 129 cm³/mol. The number of aromatic nitrogens is 3. The summed E-state index contributed by atoms with van der Waals surface area (Å²) in [5.41, 5.74) is 14.9. The Morgan fingerprint density at radius 2 is 2.20 bits per heavy atom. The molecule has 13 heteroatoms. The normalized spacial score (nSPS) is 15.7. The van der Waals surface area contributed by atoms with Gasteiger partial charge in [0.25, 0.3) is 0 Å². The molecule has 1 unspecified atom stereocenters. The van der Waals surface area contributed by atoms with E-state index in [9.17, 15) is 13.8 Å². The number of rotatable bonds is 10. The van der Waals surface area contributed by atoms with Crippen LogP contribution in [-0.4, -0.2) is 50.7 Å². The van der Waals surface area contributed by atoms with E-state index in [4.69, 9.17) is 25.4 Å². The summed E-state index contributed by atoms with van der Waals surface area (Å²) < 4.78 is 37.3. The van der Waals surface area contributed by atoms with Gasteiger partial charge in [-0.1, -0.05) is 18.7 Å². The summed E-state index contributed by atoms with van der Waals surface area (Å²) in [4.78, 5) is 23.0. The Kier molecular flexibility index (Phi) is 8.23. The summed E-state index contributed by atoms with van der Waals surface area (Å²) >= 11 is 0. The highest BCUT2D eigenvalue weighted by Gasteiger charge is 2.27. The van der Waals surface area contributed by atoms with Gasteiger partial charge in [-0.25, -0.2) is 9.07 Å². The lowest BCUT2D eigenvalue weighted by Gasteiger charge is -2.27. The minimum Gasteiger partial charge on any atom is -0.380 e. The second-order valence-electron chi connectivity index (χ2n) is 7.86. The molecule has 3 rings (SSSR count). The van der Waals surface area contributed by atoms with Gasteiger partial charge in [0.2, 0.25) is 0 Å². The van der Waals surface area contributed by atoms with Crippen molar-refractivity contribution in [3.8, 4) is 0 Å². The van der Waals surface area contributed by atoms with Crippen LogP contribution in [0.1, 0.15) is 25.8 Å². The van der Waals surface area contributed by atoms with E-state index in [0.717, 1.165) is 0 Å². The van der Waals surface area contributed by atoms with Gasteiger partial charge in [0, 0.05) is 48.6 Å². The van der Waals surface area contributed by atoms with Crippen molar-refractivity contribution in [2.75, 3.05) is 25.9 Å². The second kappa shape index (κ2) is 11.0. The number of hydrogen-bond donors (Lipinski definition) is 3. The Hall–Kier alpha value is -3.31. The molecule has 0 aromatic carbocycles. The van der Waals surface area contributed by atoms with Crippen molar-refractivity contribution in [3.05, 3.63) is 63.8 Å². The zero-order valence-corrected chi connectivity index (χ0v) is 20.7. The van der Waals surface area contributed by atoms with Gasteiger partial charge in [-0.15, -0.1) is 0 Å². The van der Waals surface area contributed by atoms with Crippen molar-refractivity contribution in [2.45, 2.75) is 27.0 Å². The highest BCUT2D eigenvalue weighted by atomic mass is 31.1. The Bertz CT molecular complexity index is 1370. The molecule has 35 heavy (non-hydrogen) atoms. The van der Waals surface area contributed by atoms with Gasteiger partial charge >= 0.3 is 8.25 Å². The number of likely N-dealkylation sites (N-methyl/N-ethyl adjacent to an activating group) is 1. The van der Waals surface area contributed by atoms with Gasteiger partial charge in [-0.05, 0) is 25.0 Å². The Morgan fingerprint density at radius 3 is 2.77 bits per heavy atom. The number of ketones is 1. The molecular formula is C22H28FN6O5P. The van der Waals surface area contributed by atoms with Crippen LogP contribution < -0.4 is 22.1 Å². The van der Waals surface area contributed by atoms with Crippen LogP contribution in [-0.2, 0) is 20.6 Å². The molecule has 188 valence electrons.